The fourth-order valence-electron chi connectivity index (χ4n) is 11.7. The number of carbonyl (C=O) groups excluding carboxylic acids is 4. The first kappa shape index (κ1) is 93.1. The molecule has 0 aliphatic carbocycles. The Balaban J connectivity index is 5.22. The van der Waals surface area contributed by atoms with Gasteiger partial charge in [-0.1, -0.05) is 343 Å². The van der Waals surface area contributed by atoms with Crippen LogP contribution in [0.2, 0.25) is 0 Å². The average Bonchev–Trinajstić information content (AvgIpc) is 1.38. The van der Waals surface area contributed by atoms with Gasteiger partial charge in [0.2, 0.25) is 0 Å². The third kappa shape index (κ3) is 70.3. The van der Waals surface area contributed by atoms with E-state index in [4.69, 9.17) is 37.0 Å². The van der Waals surface area contributed by atoms with Crippen LogP contribution in [0.5, 0.6) is 0 Å². The van der Waals surface area contributed by atoms with Gasteiger partial charge >= 0.3 is 39.5 Å². The Morgan fingerprint density at radius 3 is 0.716 bits per heavy atom. The molecule has 0 bridgehead atoms. The second kappa shape index (κ2) is 67.9. The van der Waals surface area contributed by atoms with E-state index >= 15 is 0 Å². The van der Waals surface area contributed by atoms with E-state index in [-0.39, 0.29) is 25.7 Å². The van der Waals surface area contributed by atoms with Gasteiger partial charge in [-0.05, 0) is 37.5 Å². The van der Waals surface area contributed by atoms with Crippen molar-refractivity contribution in [3.63, 3.8) is 0 Å². The molecule has 0 fully saturated rings. The zero-order valence-corrected chi connectivity index (χ0v) is 63.8. The molecule has 0 aliphatic rings. The molecule has 0 saturated heterocycles. The molecule has 0 amide bonds. The van der Waals surface area contributed by atoms with Crippen LogP contribution < -0.4 is 0 Å². The minimum Gasteiger partial charge on any atom is -0.462 e. The van der Waals surface area contributed by atoms with Crippen LogP contribution in [0.1, 0.15) is 395 Å². The summed E-state index contributed by atoms with van der Waals surface area (Å²) in [5, 5.41) is 10.6. The predicted molar refractivity (Wildman–Crippen MR) is 386 cm³/mol. The van der Waals surface area contributed by atoms with E-state index < -0.39 is 97.5 Å². The van der Waals surface area contributed by atoms with E-state index in [0.717, 1.165) is 108 Å². The second-order valence-electron chi connectivity index (χ2n) is 28.3. The van der Waals surface area contributed by atoms with Crippen LogP contribution in [-0.4, -0.2) is 96.7 Å². The molecular formula is C76H148O17P2. The smallest absolute Gasteiger partial charge is 0.462 e. The SMILES string of the molecule is CCCCCCCCCCCCCCCCCCC(=O)OC[C@H](COP(=O)(O)OC[C@@H](O)COP(=O)(O)OC[C@@H](COC(=O)CCCCCCCCCC)OC(=O)CCCCCCCCCCCCCCC(C)C)OC(=O)CCCCCCCCCCCCCCCC(C)C. The number of esters is 4. The summed E-state index contributed by atoms with van der Waals surface area (Å²) in [4.78, 5) is 72.8. The summed E-state index contributed by atoms with van der Waals surface area (Å²) in [5.41, 5.74) is 0. The Labute approximate surface area is 581 Å². The number of hydrogen-bond donors (Lipinski definition) is 3. The van der Waals surface area contributed by atoms with Crippen LogP contribution in [0.4, 0.5) is 0 Å². The molecule has 0 aromatic heterocycles. The van der Waals surface area contributed by atoms with Crippen LogP contribution >= 0.6 is 15.6 Å². The normalized spacial score (nSPS) is 14.0. The topological polar surface area (TPSA) is 237 Å². The average molecular weight is 1400 g/mol. The molecule has 95 heavy (non-hydrogen) atoms. The van der Waals surface area contributed by atoms with E-state index in [0.29, 0.717) is 25.7 Å². The van der Waals surface area contributed by atoms with Crippen molar-refractivity contribution in [2.24, 2.45) is 11.8 Å². The van der Waals surface area contributed by atoms with Gasteiger partial charge in [0.25, 0.3) is 0 Å². The van der Waals surface area contributed by atoms with Crippen LogP contribution in [-0.2, 0) is 65.4 Å². The lowest BCUT2D eigenvalue weighted by Gasteiger charge is -2.21. The quantitative estimate of drug-likeness (QED) is 0.0222. The van der Waals surface area contributed by atoms with Crippen molar-refractivity contribution in [1.82, 2.24) is 0 Å². The van der Waals surface area contributed by atoms with E-state index in [1.54, 1.807) is 0 Å². The van der Waals surface area contributed by atoms with E-state index in [1.807, 2.05) is 0 Å². The molecule has 0 radical (unpaired) electrons. The number of aliphatic hydroxyl groups excluding tert-OH is 1. The van der Waals surface area contributed by atoms with E-state index in [9.17, 15) is 43.2 Å². The zero-order chi connectivity index (χ0) is 70.0. The number of ether oxygens (including phenoxy) is 4. The van der Waals surface area contributed by atoms with Crippen molar-refractivity contribution in [3.05, 3.63) is 0 Å². The molecule has 564 valence electrons. The molecule has 19 heteroatoms. The van der Waals surface area contributed by atoms with Gasteiger partial charge in [-0.3, -0.25) is 37.3 Å². The van der Waals surface area contributed by atoms with Gasteiger partial charge in [0.05, 0.1) is 26.4 Å². The minimum absolute atomic E-state index is 0.107. The molecule has 0 spiro atoms. The summed E-state index contributed by atoms with van der Waals surface area (Å²) >= 11 is 0. The first-order valence-electron chi connectivity index (χ1n) is 39.5. The van der Waals surface area contributed by atoms with Gasteiger partial charge in [0.15, 0.2) is 12.2 Å². The molecule has 0 rings (SSSR count). The largest absolute Gasteiger partial charge is 0.472 e. The molecular weight excluding hydrogens is 1250 g/mol. The maximum atomic E-state index is 13.1. The minimum atomic E-state index is -4.96. The number of rotatable bonds is 75. The fourth-order valence-corrected chi connectivity index (χ4v) is 13.2. The lowest BCUT2D eigenvalue weighted by atomic mass is 10.0. The first-order valence-corrected chi connectivity index (χ1v) is 42.5. The molecule has 0 aromatic carbocycles. The number of aliphatic hydroxyl groups is 1. The summed E-state index contributed by atoms with van der Waals surface area (Å²) < 4.78 is 68.5. The van der Waals surface area contributed by atoms with Crippen molar-refractivity contribution in [2.75, 3.05) is 39.6 Å². The van der Waals surface area contributed by atoms with Crippen LogP contribution in [0.25, 0.3) is 0 Å². The highest BCUT2D eigenvalue weighted by Crippen LogP contribution is 2.45. The highest BCUT2D eigenvalue weighted by atomic mass is 31.2. The van der Waals surface area contributed by atoms with E-state index in [2.05, 4.69) is 41.5 Å². The van der Waals surface area contributed by atoms with Crippen molar-refractivity contribution < 1.29 is 80.2 Å². The summed E-state index contributed by atoms with van der Waals surface area (Å²) in [6.45, 7) is 9.60. The van der Waals surface area contributed by atoms with Crippen molar-refractivity contribution in [3.8, 4) is 0 Å². The number of phosphoric ester groups is 2. The third-order valence-electron chi connectivity index (χ3n) is 17.7. The molecule has 17 nitrogen and oxygen atoms in total. The Morgan fingerprint density at radius 2 is 0.484 bits per heavy atom. The molecule has 5 atom stereocenters. The van der Waals surface area contributed by atoms with Crippen LogP contribution in [0.3, 0.4) is 0 Å². The number of carbonyl (C=O) groups is 4. The molecule has 0 heterocycles. The number of unbranched alkanes of at least 4 members (excludes halogenated alkanes) is 45. The molecule has 3 N–H and O–H groups in total. The predicted octanol–water partition coefficient (Wildman–Crippen LogP) is 22.3. The number of phosphoric acid groups is 2. The Kier molecular flexibility index (Phi) is 66.5. The van der Waals surface area contributed by atoms with E-state index in [1.165, 1.54) is 205 Å². The van der Waals surface area contributed by atoms with Gasteiger partial charge < -0.3 is 33.8 Å². The third-order valence-corrected chi connectivity index (χ3v) is 19.6. The van der Waals surface area contributed by atoms with Crippen LogP contribution in [0, 0.1) is 11.8 Å². The standard InChI is InChI=1S/C76H148O17P2/c1-7-9-11-13-15-17-18-19-20-21-24-30-35-41-47-53-59-74(79)87-65-72(93-75(80)60-54-48-42-36-31-25-22-23-28-33-38-44-50-56-68(3)4)67-91-95(84,85)89-63-70(77)62-88-94(82,83)90-66-71(64-86-73(78)58-52-46-40-16-14-12-10-8-2)92-76(81)61-55-49-43-37-32-27-26-29-34-39-45-51-57-69(5)6/h68-72,77H,7-67H2,1-6H3,(H,82,83)(H,84,85)/t70-,71+,72+/m0/s1. The molecule has 2 unspecified atom stereocenters. The van der Waals surface area contributed by atoms with Crippen molar-refractivity contribution in [1.29, 1.82) is 0 Å². The Hall–Kier alpha value is -1.94. The van der Waals surface area contributed by atoms with Gasteiger partial charge in [0.1, 0.15) is 19.3 Å². The Bertz CT molecular complexity index is 1840. The lowest BCUT2D eigenvalue weighted by Crippen LogP contribution is -2.30. The summed E-state index contributed by atoms with van der Waals surface area (Å²) in [6, 6.07) is 0. The van der Waals surface area contributed by atoms with Gasteiger partial charge in [-0.25, -0.2) is 9.13 Å². The number of hydrogen-bond acceptors (Lipinski definition) is 15. The highest BCUT2D eigenvalue weighted by molar-refractivity contribution is 7.47. The second-order valence-corrected chi connectivity index (χ2v) is 31.3. The summed E-state index contributed by atoms with van der Waals surface area (Å²) in [7, 11) is -9.91. The maximum absolute atomic E-state index is 13.1. The zero-order valence-electron chi connectivity index (χ0n) is 62.0. The first-order chi connectivity index (χ1) is 45.9. The van der Waals surface area contributed by atoms with Crippen molar-refractivity contribution >= 4 is 39.5 Å². The maximum Gasteiger partial charge on any atom is 0.472 e. The molecule has 0 aliphatic heterocycles. The summed E-state index contributed by atoms with van der Waals surface area (Å²) in [5.74, 6) is -0.553. The van der Waals surface area contributed by atoms with Gasteiger partial charge in [-0.2, -0.15) is 0 Å². The van der Waals surface area contributed by atoms with Crippen molar-refractivity contribution in [2.45, 2.75) is 413 Å². The van der Waals surface area contributed by atoms with Gasteiger partial charge in [-0.15, -0.1) is 0 Å². The van der Waals surface area contributed by atoms with Gasteiger partial charge in [0, 0.05) is 25.7 Å². The Morgan fingerprint density at radius 1 is 0.284 bits per heavy atom. The lowest BCUT2D eigenvalue weighted by molar-refractivity contribution is -0.161. The summed E-state index contributed by atoms with van der Waals surface area (Å²) in [6.07, 6.45) is 55.5. The monoisotopic (exact) mass is 1400 g/mol. The fraction of sp³-hybridized carbons (Fsp3) is 0.947. The molecule has 0 aromatic rings. The molecule has 0 saturated carbocycles. The van der Waals surface area contributed by atoms with Crippen LogP contribution in [0.15, 0.2) is 0 Å². The highest BCUT2D eigenvalue weighted by Gasteiger charge is 2.30.